The highest BCUT2D eigenvalue weighted by atomic mass is 16.1. The van der Waals surface area contributed by atoms with E-state index >= 15 is 0 Å². The summed E-state index contributed by atoms with van der Waals surface area (Å²) in [4.78, 5) is 42.9. The van der Waals surface area contributed by atoms with Gasteiger partial charge in [0, 0.05) is 28.1 Å². The van der Waals surface area contributed by atoms with Gasteiger partial charge in [0.25, 0.3) is 0 Å². The molecule has 5 aromatic rings. The zero-order valence-corrected chi connectivity index (χ0v) is 22.2. The van der Waals surface area contributed by atoms with E-state index < -0.39 is 17.6 Å². The Morgan fingerprint density at radius 3 is 1.32 bits per heavy atom. The van der Waals surface area contributed by atoms with Crippen molar-refractivity contribution in [3.05, 3.63) is 180 Å². The molecule has 41 heavy (non-hydrogen) atoms. The molecule has 0 aromatic heterocycles. The molecule has 0 bridgehead atoms. The Hall–Kier alpha value is -5.55. The third-order valence-electron chi connectivity index (χ3n) is 6.55. The zero-order valence-electron chi connectivity index (χ0n) is 22.2. The van der Waals surface area contributed by atoms with Crippen molar-refractivity contribution in [1.29, 1.82) is 0 Å². The number of carbonyl (C=O) groups is 3. The first-order chi connectivity index (χ1) is 20.1. The minimum atomic E-state index is -1.19. The fraction of sp³-hybridized carbons (Fsp3) is 0.0278. The Morgan fingerprint density at radius 2 is 0.829 bits per heavy atom. The van der Waals surface area contributed by atoms with Gasteiger partial charge in [-0.15, -0.1) is 0 Å². The summed E-state index contributed by atoms with van der Waals surface area (Å²) in [6.45, 7) is 0. The number of Topliss-reactive ketones (excluding diaryl/α,β-unsaturated/α-hetero) is 3. The highest BCUT2D eigenvalue weighted by Crippen LogP contribution is 2.27. The molecule has 0 saturated carbocycles. The SMILES string of the molecule is O=C(/C(Nc1ccccc1)=C(\C(=O)c1ccccc1)[C@@H](Nc1ccccc1)C(=O)c1ccccc1)c1ccccc1. The minimum absolute atomic E-state index is 0.0200. The molecular formula is C36H28N2O3. The summed E-state index contributed by atoms with van der Waals surface area (Å²) >= 11 is 0. The second-order valence-electron chi connectivity index (χ2n) is 9.34. The highest BCUT2D eigenvalue weighted by Gasteiger charge is 2.35. The summed E-state index contributed by atoms with van der Waals surface area (Å²) in [5.74, 6) is -1.19. The van der Waals surface area contributed by atoms with Gasteiger partial charge in [-0.25, -0.2) is 0 Å². The monoisotopic (exact) mass is 536 g/mol. The molecule has 5 heteroatoms. The van der Waals surface area contributed by atoms with Gasteiger partial charge in [-0.05, 0) is 24.3 Å². The van der Waals surface area contributed by atoms with E-state index in [1.54, 1.807) is 72.8 Å². The first-order valence-electron chi connectivity index (χ1n) is 13.3. The van der Waals surface area contributed by atoms with Crippen molar-refractivity contribution in [2.45, 2.75) is 6.04 Å². The number of benzene rings is 5. The van der Waals surface area contributed by atoms with Crippen molar-refractivity contribution in [3.8, 4) is 0 Å². The highest BCUT2D eigenvalue weighted by molar-refractivity contribution is 6.23. The number of carbonyl (C=O) groups excluding carboxylic acids is 3. The number of rotatable bonds is 11. The maximum atomic E-state index is 14.4. The van der Waals surface area contributed by atoms with Crippen molar-refractivity contribution in [3.63, 3.8) is 0 Å². The van der Waals surface area contributed by atoms with Crippen molar-refractivity contribution in [2.75, 3.05) is 10.6 Å². The van der Waals surface area contributed by atoms with Gasteiger partial charge in [0.2, 0.25) is 5.78 Å². The minimum Gasteiger partial charge on any atom is -0.371 e. The quantitative estimate of drug-likeness (QED) is 0.135. The van der Waals surface area contributed by atoms with Crippen LogP contribution in [-0.4, -0.2) is 23.4 Å². The van der Waals surface area contributed by atoms with Gasteiger partial charge in [0.15, 0.2) is 11.6 Å². The summed E-state index contributed by atoms with van der Waals surface area (Å²) in [6, 6.07) is 43.3. The summed E-state index contributed by atoms with van der Waals surface area (Å²) in [7, 11) is 0. The van der Waals surface area contributed by atoms with E-state index in [1.807, 2.05) is 78.9 Å². The van der Waals surface area contributed by atoms with E-state index in [0.29, 0.717) is 28.1 Å². The summed E-state index contributed by atoms with van der Waals surface area (Å²) in [6.07, 6.45) is 0. The molecule has 0 radical (unpaired) electrons. The average Bonchev–Trinajstić information content (AvgIpc) is 3.05. The number of allylic oxidation sites excluding steroid dienone is 1. The van der Waals surface area contributed by atoms with Crippen LogP contribution in [0, 0.1) is 0 Å². The maximum Gasteiger partial charge on any atom is 0.209 e. The number of hydrogen-bond acceptors (Lipinski definition) is 5. The van der Waals surface area contributed by atoms with Crippen molar-refractivity contribution >= 4 is 28.7 Å². The largest absolute Gasteiger partial charge is 0.371 e. The van der Waals surface area contributed by atoms with Crippen molar-refractivity contribution in [1.82, 2.24) is 0 Å². The Bertz CT molecular complexity index is 1650. The number of nitrogens with one attached hydrogen (secondary N) is 2. The van der Waals surface area contributed by atoms with Crippen LogP contribution in [0.2, 0.25) is 0 Å². The molecule has 5 nitrogen and oxygen atoms in total. The molecule has 0 unspecified atom stereocenters. The Kier molecular flexibility index (Phi) is 8.57. The van der Waals surface area contributed by atoms with Crippen LogP contribution in [0.4, 0.5) is 11.4 Å². The van der Waals surface area contributed by atoms with E-state index in [-0.39, 0.29) is 17.1 Å². The lowest BCUT2D eigenvalue weighted by Crippen LogP contribution is -2.38. The van der Waals surface area contributed by atoms with Crippen molar-refractivity contribution < 1.29 is 14.4 Å². The second kappa shape index (κ2) is 13.0. The Labute approximate surface area is 239 Å². The molecule has 0 saturated heterocycles. The van der Waals surface area contributed by atoms with Crippen LogP contribution in [0.25, 0.3) is 0 Å². The zero-order chi connectivity index (χ0) is 28.4. The van der Waals surface area contributed by atoms with Crippen LogP contribution in [0.15, 0.2) is 163 Å². The lowest BCUT2D eigenvalue weighted by atomic mass is 9.87. The van der Waals surface area contributed by atoms with E-state index in [4.69, 9.17) is 0 Å². The lowest BCUT2D eigenvalue weighted by Gasteiger charge is -2.25. The molecule has 0 fully saturated rings. The smallest absolute Gasteiger partial charge is 0.209 e. The molecule has 0 aliphatic carbocycles. The third kappa shape index (κ3) is 6.54. The molecule has 0 amide bonds. The van der Waals surface area contributed by atoms with Gasteiger partial charge >= 0.3 is 0 Å². The second-order valence-corrected chi connectivity index (χ2v) is 9.34. The van der Waals surface area contributed by atoms with Crippen LogP contribution in [0.3, 0.4) is 0 Å². The molecule has 1 atom stereocenters. The number of anilines is 2. The topological polar surface area (TPSA) is 75.3 Å². The van der Waals surface area contributed by atoms with Gasteiger partial charge < -0.3 is 10.6 Å². The average molecular weight is 537 g/mol. The van der Waals surface area contributed by atoms with E-state index in [2.05, 4.69) is 10.6 Å². The number of ketones is 3. The number of para-hydroxylation sites is 2. The summed E-state index contributed by atoms with van der Waals surface area (Å²) in [5.41, 5.74) is 2.43. The van der Waals surface area contributed by atoms with Gasteiger partial charge in [-0.3, -0.25) is 14.4 Å². The van der Waals surface area contributed by atoms with Gasteiger partial charge in [-0.2, -0.15) is 0 Å². The number of hydrogen-bond donors (Lipinski definition) is 2. The standard InChI is InChI=1S/C36H28N2O3/c39-34(26-16-6-1-7-17-26)31(32(37-29-22-12-4-13-23-29)35(40)27-18-8-2-9-19-27)33(38-30-24-14-5-15-25-30)36(41)28-20-10-3-11-21-28/h1-25,32,37-38H/b33-31+/t32-/m1/s1. The molecule has 5 rings (SSSR count). The van der Waals surface area contributed by atoms with Crippen molar-refractivity contribution in [2.24, 2.45) is 0 Å². The summed E-state index contributed by atoms with van der Waals surface area (Å²) in [5, 5.41) is 6.50. The molecule has 2 N–H and O–H groups in total. The van der Waals surface area contributed by atoms with Crippen LogP contribution in [0.5, 0.6) is 0 Å². The van der Waals surface area contributed by atoms with E-state index in [1.165, 1.54) is 0 Å². The predicted molar refractivity (Wildman–Crippen MR) is 163 cm³/mol. The fourth-order valence-corrected chi connectivity index (χ4v) is 4.52. The Morgan fingerprint density at radius 1 is 0.439 bits per heavy atom. The summed E-state index contributed by atoms with van der Waals surface area (Å²) < 4.78 is 0. The van der Waals surface area contributed by atoms with Crippen LogP contribution < -0.4 is 10.6 Å². The van der Waals surface area contributed by atoms with Crippen LogP contribution >= 0.6 is 0 Å². The van der Waals surface area contributed by atoms with Crippen LogP contribution in [-0.2, 0) is 0 Å². The molecule has 0 heterocycles. The molecule has 0 spiro atoms. The molecule has 0 aliphatic rings. The third-order valence-corrected chi connectivity index (χ3v) is 6.55. The van der Waals surface area contributed by atoms with Gasteiger partial charge in [-0.1, -0.05) is 127 Å². The first kappa shape index (κ1) is 27.0. The Balaban J connectivity index is 1.78. The maximum absolute atomic E-state index is 14.4. The predicted octanol–water partition coefficient (Wildman–Crippen LogP) is 7.48. The fourth-order valence-electron chi connectivity index (χ4n) is 4.52. The first-order valence-corrected chi connectivity index (χ1v) is 13.3. The van der Waals surface area contributed by atoms with Gasteiger partial charge in [0.05, 0.1) is 11.3 Å². The van der Waals surface area contributed by atoms with Gasteiger partial charge in [0.1, 0.15) is 6.04 Å². The lowest BCUT2D eigenvalue weighted by molar-refractivity contribution is 0.0943. The molecule has 5 aromatic carbocycles. The van der Waals surface area contributed by atoms with Crippen LogP contribution in [0.1, 0.15) is 31.1 Å². The molecular weight excluding hydrogens is 508 g/mol. The van der Waals surface area contributed by atoms with E-state index in [0.717, 1.165) is 0 Å². The molecule has 0 aliphatic heterocycles. The molecule has 200 valence electrons. The van der Waals surface area contributed by atoms with E-state index in [9.17, 15) is 14.4 Å². The normalized spacial score (nSPS) is 12.0.